The second-order valence-electron chi connectivity index (χ2n) is 7.51. The summed E-state index contributed by atoms with van der Waals surface area (Å²) in [6.45, 7) is 2.49. The molecule has 0 saturated heterocycles. The second kappa shape index (κ2) is 9.19. The zero-order valence-electron chi connectivity index (χ0n) is 16.8. The van der Waals surface area contributed by atoms with E-state index < -0.39 is 10.9 Å². The van der Waals surface area contributed by atoms with Gasteiger partial charge in [0.2, 0.25) is 5.88 Å². The van der Waals surface area contributed by atoms with Crippen molar-refractivity contribution in [1.29, 1.82) is 0 Å². The molecule has 2 heterocycles. The van der Waals surface area contributed by atoms with Crippen LogP contribution in [0.2, 0.25) is 0 Å². The SMILES string of the molecule is CC(Cc1ccsc1)Nc1c(NCC(Cc2ccnc(O)c2)N(C)C)c(=O)c1=O. The first kappa shape index (κ1) is 21.0. The second-order valence-corrected chi connectivity index (χ2v) is 8.29. The Morgan fingerprint density at radius 1 is 1.14 bits per heavy atom. The molecule has 0 amide bonds. The van der Waals surface area contributed by atoms with Crippen molar-refractivity contribution in [3.8, 4) is 5.88 Å². The normalized spacial score (nSPS) is 13.5. The maximum absolute atomic E-state index is 12.1. The van der Waals surface area contributed by atoms with Crippen molar-refractivity contribution in [1.82, 2.24) is 9.88 Å². The lowest BCUT2D eigenvalue weighted by atomic mass is 10.1. The van der Waals surface area contributed by atoms with Crippen molar-refractivity contribution in [2.24, 2.45) is 0 Å². The summed E-state index contributed by atoms with van der Waals surface area (Å²) in [5, 5.41) is 20.0. The summed E-state index contributed by atoms with van der Waals surface area (Å²) in [7, 11) is 3.91. The van der Waals surface area contributed by atoms with Gasteiger partial charge in [-0.05, 0) is 67.9 Å². The van der Waals surface area contributed by atoms with Crippen LogP contribution in [0.3, 0.4) is 0 Å². The van der Waals surface area contributed by atoms with Crippen molar-refractivity contribution in [2.45, 2.75) is 31.8 Å². The molecule has 3 rings (SSSR count). The topological polar surface area (TPSA) is 94.6 Å². The van der Waals surface area contributed by atoms with Gasteiger partial charge in [-0.25, -0.2) is 4.98 Å². The zero-order chi connectivity index (χ0) is 21.0. The van der Waals surface area contributed by atoms with Gasteiger partial charge in [0.25, 0.3) is 10.9 Å². The van der Waals surface area contributed by atoms with Crippen LogP contribution in [0, 0.1) is 0 Å². The number of rotatable bonds is 10. The maximum Gasteiger partial charge on any atom is 0.253 e. The van der Waals surface area contributed by atoms with E-state index in [1.165, 1.54) is 5.56 Å². The Bertz CT molecular complexity index is 1010. The minimum Gasteiger partial charge on any atom is -0.493 e. The molecular formula is C21H26N4O3S. The highest BCUT2D eigenvalue weighted by Gasteiger charge is 2.23. The predicted molar refractivity (Wildman–Crippen MR) is 118 cm³/mol. The molecule has 29 heavy (non-hydrogen) atoms. The van der Waals surface area contributed by atoms with Crippen molar-refractivity contribution in [3.63, 3.8) is 0 Å². The van der Waals surface area contributed by atoms with Crippen LogP contribution in [0.25, 0.3) is 0 Å². The third-order valence-corrected chi connectivity index (χ3v) is 5.68. The summed E-state index contributed by atoms with van der Waals surface area (Å²) >= 11 is 1.64. The number of nitrogens with zero attached hydrogens (tertiary/aromatic N) is 2. The van der Waals surface area contributed by atoms with Gasteiger partial charge in [0.1, 0.15) is 11.4 Å². The molecule has 3 N–H and O–H groups in total. The smallest absolute Gasteiger partial charge is 0.253 e. The van der Waals surface area contributed by atoms with Gasteiger partial charge in [0.05, 0.1) is 0 Å². The number of hydrogen-bond donors (Lipinski definition) is 3. The largest absolute Gasteiger partial charge is 0.493 e. The lowest BCUT2D eigenvalue weighted by Crippen LogP contribution is -2.43. The van der Waals surface area contributed by atoms with Crippen LogP contribution in [0.5, 0.6) is 5.88 Å². The average molecular weight is 415 g/mol. The van der Waals surface area contributed by atoms with E-state index in [9.17, 15) is 14.7 Å². The van der Waals surface area contributed by atoms with Crippen LogP contribution >= 0.6 is 11.3 Å². The van der Waals surface area contributed by atoms with Crippen molar-refractivity contribution in [3.05, 3.63) is 66.7 Å². The van der Waals surface area contributed by atoms with Crippen molar-refractivity contribution in [2.75, 3.05) is 31.3 Å². The average Bonchev–Trinajstić information content (AvgIpc) is 3.18. The number of aromatic nitrogens is 1. The van der Waals surface area contributed by atoms with Gasteiger partial charge in [-0.2, -0.15) is 11.3 Å². The Kier molecular flexibility index (Phi) is 6.66. The zero-order valence-corrected chi connectivity index (χ0v) is 17.6. The molecule has 1 aromatic carbocycles. The molecule has 7 nitrogen and oxygen atoms in total. The fraction of sp³-hybridized carbons (Fsp3) is 0.381. The number of thiophene rings is 1. The van der Waals surface area contributed by atoms with Gasteiger partial charge < -0.3 is 20.6 Å². The first-order valence-corrected chi connectivity index (χ1v) is 10.4. The fourth-order valence-electron chi connectivity index (χ4n) is 3.27. The highest BCUT2D eigenvalue weighted by molar-refractivity contribution is 7.07. The first-order chi connectivity index (χ1) is 13.8. The molecule has 0 spiro atoms. The molecule has 2 atom stereocenters. The number of nitrogens with one attached hydrogen (secondary N) is 2. The standard InChI is InChI=1S/C21H26N4O3S/c1-13(8-15-5-7-29-12-15)24-19-18(20(27)21(19)28)23-11-16(25(2)3)9-14-4-6-22-17(26)10-14/h4-7,10,12-13,16,23-24H,8-9,11H2,1-3H3,(H,22,26). The number of likely N-dealkylation sites (N-methyl/N-ethyl adjacent to an activating group) is 1. The summed E-state index contributed by atoms with van der Waals surface area (Å²) in [6.07, 6.45) is 3.02. The van der Waals surface area contributed by atoms with Crippen LogP contribution in [0.4, 0.5) is 11.4 Å². The fourth-order valence-corrected chi connectivity index (χ4v) is 3.96. The summed E-state index contributed by atoms with van der Waals surface area (Å²) in [6, 6.07) is 5.65. The molecule has 0 radical (unpaired) electrons. The molecule has 0 aliphatic rings. The minimum atomic E-state index is -0.478. The Morgan fingerprint density at radius 2 is 1.90 bits per heavy atom. The van der Waals surface area contributed by atoms with Crippen molar-refractivity contribution < 1.29 is 5.11 Å². The lowest BCUT2D eigenvalue weighted by molar-refractivity contribution is 0.303. The number of hydrogen-bond acceptors (Lipinski definition) is 8. The van der Waals surface area contributed by atoms with E-state index in [0.717, 1.165) is 12.0 Å². The van der Waals surface area contributed by atoms with Gasteiger partial charge in [0.15, 0.2) is 0 Å². The molecule has 0 bridgehead atoms. The third-order valence-electron chi connectivity index (χ3n) is 4.95. The monoisotopic (exact) mass is 414 g/mol. The van der Waals surface area contributed by atoms with E-state index in [2.05, 4.69) is 27.1 Å². The molecule has 0 aliphatic carbocycles. The van der Waals surface area contributed by atoms with Crippen LogP contribution in [0.15, 0.2) is 44.7 Å². The van der Waals surface area contributed by atoms with Gasteiger partial charge in [-0.1, -0.05) is 0 Å². The van der Waals surface area contributed by atoms with Crippen LogP contribution < -0.4 is 21.5 Å². The van der Waals surface area contributed by atoms with Gasteiger partial charge in [-0.15, -0.1) is 0 Å². The van der Waals surface area contributed by atoms with Gasteiger partial charge >= 0.3 is 0 Å². The number of pyridine rings is 1. The van der Waals surface area contributed by atoms with E-state index in [0.29, 0.717) is 24.3 Å². The molecule has 0 aliphatic heterocycles. The number of aromatic hydroxyl groups is 1. The summed E-state index contributed by atoms with van der Waals surface area (Å²) in [5.74, 6) is -0.0125. The molecule has 3 aromatic rings. The number of anilines is 2. The molecule has 8 heteroatoms. The summed E-state index contributed by atoms with van der Waals surface area (Å²) in [5.41, 5.74) is 1.94. The molecule has 0 fully saturated rings. The Labute approximate surface area is 173 Å². The van der Waals surface area contributed by atoms with Crippen LogP contribution in [-0.2, 0) is 12.8 Å². The molecule has 2 aromatic heterocycles. The third kappa shape index (κ3) is 5.21. The Hall–Kier alpha value is -2.71. The molecule has 0 saturated carbocycles. The van der Waals surface area contributed by atoms with E-state index in [1.807, 2.05) is 37.4 Å². The van der Waals surface area contributed by atoms with Crippen LogP contribution in [0.1, 0.15) is 18.1 Å². The highest BCUT2D eigenvalue weighted by Crippen LogP contribution is 2.19. The maximum atomic E-state index is 12.1. The highest BCUT2D eigenvalue weighted by atomic mass is 32.1. The van der Waals surface area contributed by atoms with E-state index in [-0.39, 0.29) is 18.0 Å². The first-order valence-electron chi connectivity index (χ1n) is 9.50. The molecular weight excluding hydrogens is 388 g/mol. The van der Waals surface area contributed by atoms with Gasteiger partial charge in [-0.3, -0.25) is 9.59 Å². The minimum absolute atomic E-state index is 0.0125. The quantitative estimate of drug-likeness (QED) is 0.437. The van der Waals surface area contributed by atoms with Crippen molar-refractivity contribution >= 4 is 22.7 Å². The van der Waals surface area contributed by atoms with Gasteiger partial charge in [0, 0.05) is 30.9 Å². The van der Waals surface area contributed by atoms with E-state index in [4.69, 9.17) is 0 Å². The van der Waals surface area contributed by atoms with E-state index >= 15 is 0 Å². The Morgan fingerprint density at radius 3 is 2.55 bits per heavy atom. The molecule has 2 unspecified atom stereocenters. The van der Waals surface area contributed by atoms with E-state index in [1.54, 1.807) is 23.6 Å². The summed E-state index contributed by atoms with van der Waals surface area (Å²) < 4.78 is 0. The summed E-state index contributed by atoms with van der Waals surface area (Å²) in [4.78, 5) is 30.0. The molecule has 154 valence electrons. The predicted octanol–water partition coefficient (Wildman–Crippen LogP) is 2.07. The lowest BCUT2D eigenvalue weighted by Gasteiger charge is -2.26. The Balaban J connectivity index is 1.64. The van der Waals surface area contributed by atoms with Crippen LogP contribution in [-0.4, -0.2) is 47.7 Å².